The summed E-state index contributed by atoms with van der Waals surface area (Å²) in [6, 6.07) is 7.11. The Morgan fingerprint density at radius 2 is 1.85 bits per heavy atom. The molecule has 0 spiro atoms. The number of nitro benzene ring substituents is 1. The van der Waals surface area contributed by atoms with Crippen LogP contribution in [0.4, 0.5) is 14.5 Å². The van der Waals surface area contributed by atoms with Crippen LogP contribution < -0.4 is 0 Å². The summed E-state index contributed by atoms with van der Waals surface area (Å²) in [4.78, 5) is 21.8. The highest BCUT2D eigenvalue weighted by atomic mass is 32.2. The summed E-state index contributed by atoms with van der Waals surface area (Å²) in [5.74, 6) is -1.96. The molecule has 2 aromatic carbocycles. The molecule has 0 N–H and O–H groups in total. The van der Waals surface area contributed by atoms with Crippen LogP contribution in [0, 0.1) is 21.7 Å². The average Bonchev–Trinajstić information content (AvgIpc) is 2.43. The first-order chi connectivity index (χ1) is 9.51. The Labute approximate surface area is 116 Å². The molecule has 0 aliphatic carbocycles. The minimum absolute atomic E-state index is 0.119. The maximum Gasteiger partial charge on any atom is 0.270 e. The number of carbonyl (C=O) groups is 1. The van der Waals surface area contributed by atoms with E-state index in [0.29, 0.717) is 16.1 Å². The SMILES string of the molecule is O=Cc1cc([N+](=O)[O-])ccc1Sc1ccc(F)c(F)c1. The van der Waals surface area contributed by atoms with Crippen molar-refractivity contribution in [2.75, 3.05) is 0 Å². The number of non-ortho nitro benzene ring substituents is 1. The van der Waals surface area contributed by atoms with E-state index in [2.05, 4.69) is 0 Å². The number of aldehydes is 1. The van der Waals surface area contributed by atoms with Gasteiger partial charge < -0.3 is 0 Å². The largest absolute Gasteiger partial charge is 0.298 e. The Balaban J connectivity index is 2.35. The minimum atomic E-state index is -0.996. The second kappa shape index (κ2) is 5.79. The van der Waals surface area contributed by atoms with Crippen LogP contribution in [0.2, 0.25) is 0 Å². The summed E-state index contributed by atoms with van der Waals surface area (Å²) < 4.78 is 25.9. The van der Waals surface area contributed by atoms with Crippen molar-refractivity contribution in [2.45, 2.75) is 9.79 Å². The third kappa shape index (κ3) is 3.00. The molecule has 2 aromatic rings. The molecule has 102 valence electrons. The maximum absolute atomic E-state index is 13.1. The van der Waals surface area contributed by atoms with E-state index in [1.807, 2.05) is 0 Å². The van der Waals surface area contributed by atoms with Crippen molar-refractivity contribution >= 4 is 23.7 Å². The van der Waals surface area contributed by atoms with Crippen molar-refractivity contribution in [3.63, 3.8) is 0 Å². The maximum atomic E-state index is 13.1. The van der Waals surface area contributed by atoms with Crippen LogP contribution in [0.5, 0.6) is 0 Å². The molecule has 7 heteroatoms. The molecule has 2 rings (SSSR count). The van der Waals surface area contributed by atoms with Gasteiger partial charge in [-0.15, -0.1) is 0 Å². The number of hydrogen-bond acceptors (Lipinski definition) is 4. The number of nitro groups is 1. The third-order valence-electron chi connectivity index (χ3n) is 2.45. The van der Waals surface area contributed by atoms with Gasteiger partial charge in [0.25, 0.3) is 5.69 Å². The summed E-state index contributed by atoms with van der Waals surface area (Å²) >= 11 is 1.02. The van der Waals surface area contributed by atoms with Gasteiger partial charge in [-0.2, -0.15) is 0 Å². The van der Waals surface area contributed by atoms with Crippen molar-refractivity contribution in [1.82, 2.24) is 0 Å². The molecule has 0 aromatic heterocycles. The highest BCUT2D eigenvalue weighted by Gasteiger charge is 2.12. The molecule has 0 saturated heterocycles. The van der Waals surface area contributed by atoms with E-state index >= 15 is 0 Å². The summed E-state index contributed by atoms with van der Waals surface area (Å²) in [5, 5.41) is 10.6. The van der Waals surface area contributed by atoms with Crippen LogP contribution in [0.3, 0.4) is 0 Å². The first kappa shape index (κ1) is 14.1. The summed E-state index contributed by atoms with van der Waals surface area (Å²) in [7, 11) is 0. The van der Waals surface area contributed by atoms with Gasteiger partial charge in [0.1, 0.15) is 0 Å². The monoisotopic (exact) mass is 295 g/mol. The molecule has 0 saturated carbocycles. The van der Waals surface area contributed by atoms with E-state index in [9.17, 15) is 23.7 Å². The van der Waals surface area contributed by atoms with Gasteiger partial charge in [0.2, 0.25) is 0 Å². The first-order valence-electron chi connectivity index (χ1n) is 5.38. The van der Waals surface area contributed by atoms with Gasteiger partial charge in [-0.25, -0.2) is 8.78 Å². The smallest absolute Gasteiger partial charge is 0.270 e. The van der Waals surface area contributed by atoms with Crippen LogP contribution in [0.1, 0.15) is 10.4 Å². The van der Waals surface area contributed by atoms with Crippen LogP contribution >= 0.6 is 11.8 Å². The summed E-state index contributed by atoms with van der Waals surface area (Å²) in [6.45, 7) is 0. The van der Waals surface area contributed by atoms with Crippen LogP contribution in [-0.4, -0.2) is 11.2 Å². The topological polar surface area (TPSA) is 60.2 Å². The molecule has 0 atom stereocenters. The van der Waals surface area contributed by atoms with Gasteiger partial charge in [-0.1, -0.05) is 11.8 Å². The van der Waals surface area contributed by atoms with Gasteiger partial charge in [-0.3, -0.25) is 14.9 Å². The van der Waals surface area contributed by atoms with E-state index in [1.54, 1.807) is 0 Å². The molecule has 0 heterocycles. The number of nitrogens with zero attached hydrogens (tertiary/aromatic N) is 1. The Bertz CT molecular complexity index is 691. The van der Waals surface area contributed by atoms with E-state index in [-0.39, 0.29) is 11.3 Å². The van der Waals surface area contributed by atoms with Crippen molar-refractivity contribution in [3.8, 4) is 0 Å². The number of hydrogen-bond donors (Lipinski definition) is 0. The fraction of sp³-hybridized carbons (Fsp3) is 0. The molecule has 0 radical (unpaired) electrons. The lowest BCUT2D eigenvalue weighted by Crippen LogP contribution is -1.92. The molecule has 20 heavy (non-hydrogen) atoms. The van der Waals surface area contributed by atoms with E-state index in [4.69, 9.17) is 0 Å². The lowest BCUT2D eigenvalue weighted by atomic mass is 10.2. The normalized spacial score (nSPS) is 10.3. The van der Waals surface area contributed by atoms with Gasteiger partial charge in [0.15, 0.2) is 17.9 Å². The lowest BCUT2D eigenvalue weighted by Gasteiger charge is -2.05. The van der Waals surface area contributed by atoms with Crippen molar-refractivity contribution in [3.05, 3.63) is 63.7 Å². The van der Waals surface area contributed by atoms with Crippen LogP contribution in [-0.2, 0) is 0 Å². The second-order valence-electron chi connectivity index (χ2n) is 3.78. The van der Waals surface area contributed by atoms with E-state index in [0.717, 1.165) is 30.0 Å². The highest BCUT2D eigenvalue weighted by molar-refractivity contribution is 7.99. The molecule has 4 nitrogen and oxygen atoms in total. The predicted octanol–water partition coefficient (Wildman–Crippen LogP) is 3.84. The Morgan fingerprint density at radius 3 is 2.45 bits per heavy atom. The minimum Gasteiger partial charge on any atom is -0.298 e. The standard InChI is InChI=1S/C13H7F2NO3S/c14-11-3-2-10(6-12(11)15)20-13-4-1-9(16(18)19)5-8(13)7-17/h1-7H. The Hall–Kier alpha value is -2.28. The molecule has 0 fully saturated rings. The van der Waals surface area contributed by atoms with Crippen molar-refractivity contribution < 1.29 is 18.5 Å². The van der Waals surface area contributed by atoms with Crippen LogP contribution in [0.25, 0.3) is 0 Å². The van der Waals surface area contributed by atoms with Gasteiger partial charge in [0.05, 0.1) is 4.92 Å². The molecular weight excluding hydrogens is 288 g/mol. The number of benzene rings is 2. The Kier molecular flexibility index (Phi) is 4.09. The quantitative estimate of drug-likeness (QED) is 0.488. The summed E-state index contributed by atoms with van der Waals surface area (Å²) in [5.41, 5.74) is -0.0873. The zero-order chi connectivity index (χ0) is 14.7. The van der Waals surface area contributed by atoms with E-state index < -0.39 is 16.6 Å². The van der Waals surface area contributed by atoms with E-state index in [1.165, 1.54) is 18.2 Å². The lowest BCUT2D eigenvalue weighted by molar-refractivity contribution is -0.384. The molecule has 0 bridgehead atoms. The molecule has 0 aliphatic heterocycles. The predicted molar refractivity (Wildman–Crippen MR) is 69.0 cm³/mol. The number of carbonyl (C=O) groups excluding carboxylic acids is 1. The fourth-order valence-electron chi connectivity index (χ4n) is 1.50. The molecule has 0 amide bonds. The third-order valence-corrected chi connectivity index (χ3v) is 3.53. The zero-order valence-electron chi connectivity index (χ0n) is 9.88. The van der Waals surface area contributed by atoms with Crippen molar-refractivity contribution in [2.24, 2.45) is 0 Å². The summed E-state index contributed by atoms with van der Waals surface area (Å²) in [6.07, 6.45) is 0.481. The highest BCUT2D eigenvalue weighted by Crippen LogP contribution is 2.32. The fourth-order valence-corrected chi connectivity index (χ4v) is 2.42. The van der Waals surface area contributed by atoms with Crippen molar-refractivity contribution in [1.29, 1.82) is 0 Å². The molecule has 0 unspecified atom stereocenters. The molecule has 0 aliphatic rings. The van der Waals surface area contributed by atoms with Gasteiger partial charge in [-0.05, 0) is 24.3 Å². The second-order valence-corrected chi connectivity index (χ2v) is 4.89. The molecular formula is C13H7F2NO3S. The van der Waals surface area contributed by atoms with Gasteiger partial charge in [0, 0.05) is 27.5 Å². The zero-order valence-corrected chi connectivity index (χ0v) is 10.7. The number of halogens is 2. The number of rotatable bonds is 4. The van der Waals surface area contributed by atoms with Gasteiger partial charge >= 0.3 is 0 Å². The first-order valence-corrected chi connectivity index (χ1v) is 6.19. The average molecular weight is 295 g/mol. The Morgan fingerprint density at radius 1 is 1.10 bits per heavy atom. The van der Waals surface area contributed by atoms with Crippen LogP contribution in [0.15, 0.2) is 46.2 Å².